The summed E-state index contributed by atoms with van der Waals surface area (Å²) >= 11 is 0. The predicted molar refractivity (Wildman–Crippen MR) is 36.6 cm³/mol. The van der Waals surface area contributed by atoms with E-state index < -0.39 is 6.04 Å². The second kappa shape index (κ2) is 4.47. The molecule has 53 valence electrons. The fourth-order valence-electron chi connectivity index (χ4n) is 0.529. The van der Waals surface area contributed by atoms with Gasteiger partial charge in [-0.1, -0.05) is 13.3 Å². The van der Waals surface area contributed by atoms with Crippen molar-refractivity contribution in [1.29, 1.82) is 0 Å². The van der Waals surface area contributed by atoms with E-state index in [4.69, 9.17) is 11.5 Å². The van der Waals surface area contributed by atoms with Crippen molar-refractivity contribution in [3.05, 3.63) is 6.92 Å². The molecule has 0 aliphatic carbocycles. The molecule has 0 bridgehead atoms. The zero-order chi connectivity index (χ0) is 7.28. The third-order valence-electron chi connectivity index (χ3n) is 1.19. The van der Waals surface area contributed by atoms with E-state index in [1.54, 1.807) is 0 Å². The monoisotopic (exact) mass is 129 g/mol. The Labute approximate surface area is 55.4 Å². The Morgan fingerprint density at radius 2 is 2.11 bits per heavy atom. The lowest BCUT2D eigenvalue weighted by molar-refractivity contribution is -0.109. The molecule has 0 saturated carbocycles. The first kappa shape index (κ1) is 8.59. The normalized spacial score (nSPS) is 16.8. The van der Waals surface area contributed by atoms with Crippen molar-refractivity contribution in [3.8, 4) is 0 Å². The predicted octanol–water partition coefficient (Wildman–Crippen LogP) is -0.546. The zero-order valence-electron chi connectivity index (χ0n) is 5.42. The van der Waals surface area contributed by atoms with Gasteiger partial charge in [-0.05, 0) is 6.42 Å². The van der Waals surface area contributed by atoms with Crippen molar-refractivity contribution in [3.63, 3.8) is 0 Å². The van der Waals surface area contributed by atoms with E-state index in [0.717, 1.165) is 6.42 Å². The van der Waals surface area contributed by atoms with Gasteiger partial charge in [0.25, 0.3) is 0 Å². The number of hydrogen-bond acceptors (Lipinski definition) is 3. The lowest BCUT2D eigenvalue weighted by atomic mass is 10.1. The summed E-state index contributed by atoms with van der Waals surface area (Å²) in [5.74, 6) is 0. The molecule has 9 heavy (non-hydrogen) atoms. The average molecular weight is 129 g/mol. The summed E-state index contributed by atoms with van der Waals surface area (Å²) in [6.45, 7) is 3.59. The van der Waals surface area contributed by atoms with Gasteiger partial charge >= 0.3 is 0 Å². The summed E-state index contributed by atoms with van der Waals surface area (Å²) in [6.07, 6.45) is 2.10. The quantitative estimate of drug-likeness (QED) is 0.500. The number of rotatable bonds is 4. The summed E-state index contributed by atoms with van der Waals surface area (Å²) in [6, 6.07) is -0.744. The summed E-state index contributed by atoms with van der Waals surface area (Å²) in [5.41, 5.74) is 10.7. The van der Waals surface area contributed by atoms with Crippen molar-refractivity contribution < 1.29 is 4.79 Å². The third kappa shape index (κ3) is 3.21. The number of hydrogen-bond donors (Lipinski definition) is 2. The van der Waals surface area contributed by atoms with E-state index in [-0.39, 0.29) is 6.04 Å². The van der Waals surface area contributed by atoms with Crippen LogP contribution < -0.4 is 11.5 Å². The van der Waals surface area contributed by atoms with Crippen molar-refractivity contribution in [1.82, 2.24) is 0 Å². The van der Waals surface area contributed by atoms with Crippen LogP contribution in [-0.4, -0.2) is 18.4 Å². The Kier molecular flexibility index (Phi) is 4.26. The Morgan fingerprint density at radius 1 is 1.56 bits per heavy atom. The molecule has 0 aliphatic rings. The SMILES string of the molecule is [CH2]CCC(N)C(N)C=O. The van der Waals surface area contributed by atoms with E-state index in [2.05, 4.69) is 6.92 Å². The molecular weight excluding hydrogens is 116 g/mol. The lowest BCUT2D eigenvalue weighted by Crippen LogP contribution is -2.42. The minimum Gasteiger partial charge on any atom is -0.326 e. The van der Waals surface area contributed by atoms with E-state index >= 15 is 0 Å². The van der Waals surface area contributed by atoms with Crippen LogP contribution in [0, 0.1) is 6.92 Å². The third-order valence-corrected chi connectivity index (χ3v) is 1.19. The van der Waals surface area contributed by atoms with Gasteiger partial charge in [0.15, 0.2) is 0 Å². The van der Waals surface area contributed by atoms with Gasteiger partial charge in [0, 0.05) is 6.04 Å². The molecule has 1 radical (unpaired) electrons. The molecule has 0 heterocycles. The van der Waals surface area contributed by atoms with Crippen LogP contribution in [0.4, 0.5) is 0 Å². The number of nitrogens with two attached hydrogens (primary N) is 2. The van der Waals surface area contributed by atoms with Gasteiger partial charge in [-0.2, -0.15) is 0 Å². The highest BCUT2D eigenvalue weighted by molar-refractivity contribution is 5.58. The second-order valence-corrected chi connectivity index (χ2v) is 2.02. The van der Waals surface area contributed by atoms with Crippen molar-refractivity contribution in [2.45, 2.75) is 24.9 Å². The summed E-state index contributed by atoms with van der Waals surface area (Å²) in [4.78, 5) is 10.00. The Morgan fingerprint density at radius 3 is 2.44 bits per heavy atom. The number of aldehydes is 1. The van der Waals surface area contributed by atoms with Crippen LogP contribution in [0.3, 0.4) is 0 Å². The maximum absolute atomic E-state index is 10.00. The molecule has 0 amide bonds. The fourth-order valence-corrected chi connectivity index (χ4v) is 0.529. The van der Waals surface area contributed by atoms with E-state index in [9.17, 15) is 4.79 Å². The van der Waals surface area contributed by atoms with Gasteiger partial charge in [-0.3, -0.25) is 0 Å². The van der Waals surface area contributed by atoms with Gasteiger partial charge in [0.1, 0.15) is 6.29 Å². The largest absolute Gasteiger partial charge is 0.326 e. The Hall–Kier alpha value is -0.410. The molecule has 0 fully saturated rings. The molecule has 0 aromatic heterocycles. The molecule has 0 aromatic carbocycles. The van der Waals surface area contributed by atoms with Crippen LogP contribution in [0.1, 0.15) is 12.8 Å². The first-order chi connectivity index (χ1) is 4.22. The molecule has 0 spiro atoms. The van der Waals surface area contributed by atoms with Crippen LogP contribution in [0.5, 0.6) is 0 Å². The van der Waals surface area contributed by atoms with Crippen molar-refractivity contribution in [2.75, 3.05) is 0 Å². The molecule has 0 saturated heterocycles. The maximum atomic E-state index is 10.00. The van der Waals surface area contributed by atoms with Gasteiger partial charge in [-0.25, -0.2) is 0 Å². The fraction of sp³-hybridized carbons (Fsp3) is 0.667. The number of carbonyl (C=O) groups is 1. The maximum Gasteiger partial charge on any atom is 0.138 e. The molecule has 4 N–H and O–H groups in total. The first-order valence-corrected chi connectivity index (χ1v) is 2.98. The van der Waals surface area contributed by atoms with Gasteiger partial charge in [0.05, 0.1) is 6.04 Å². The van der Waals surface area contributed by atoms with Gasteiger partial charge in [0.2, 0.25) is 0 Å². The first-order valence-electron chi connectivity index (χ1n) is 2.98. The topological polar surface area (TPSA) is 69.1 Å². The van der Waals surface area contributed by atoms with Gasteiger partial charge in [-0.15, -0.1) is 0 Å². The molecule has 2 atom stereocenters. The minimum atomic E-state index is -0.522. The van der Waals surface area contributed by atoms with Crippen LogP contribution >= 0.6 is 0 Å². The van der Waals surface area contributed by atoms with Crippen LogP contribution in [0.15, 0.2) is 0 Å². The average Bonchev–Trinajstić information content (AvgIpc) is 1.87. The second-order valence-electron chi connectivity index (χ2n) is 2.02. The minimum absolute atomic E-state index is 0.222. The van der Waals surface area contributed by atoms with Crippen LogP contribution in [-0.2, 0) is 4.79 Å². The van der Waals surface area contributed by atoms with Crippen molar-refractivity contribution >= 4 is 6.29 Å². The lowest BCUT2D eigenvalue weighted by Gasteiger charge is -2.11. The van der Waals surface area contributed by atoms with Crippen LogP contribution in [0.2, 0.25) is 0 Å². The smallest absolute Gasteiger partial charge is 0.138 e. The Bertz CT molecular complexity index is 85.1. The zero-order valence-corrected chi connectivity index (χ0v) is 5.42. The molecular formula is C6H13N2O. The van der Waals surface area contributed by atoms with E-state index in [0.29, 0.717) is 12.7 Å². The standard InChI is InChI=1S/C6H13N2O/c1-2-3-5(7)6(8)4-9/h4-6H,1-3,7-8H2. The van der Waals surface area contributed by atoms with E-state index in [1.807, 2.05) is 0 Å². The molecule has 0 aliphatic heterocycles. The summed E-state index contributed by atoms with van der Waals surface area (Å²) in [7, 11) is 0. The van der Waals surface area contributed by atoms with Gasteiger partial charge < -0.3 is 16.3 Å². The van der Waals surface area contributed by atoms with Crippen molar-refractivity contribution in [2.24, 2.45) is 11.5 Å². The summed E-state index contributed by atoms with van der Waals surface area (Å²) < 4.78 is 0. The molecule has 2 unspecified atom stereocenters. The number of carbonyl (C=O) groups excluding carboxylic acids is 1. The molecule has 3 heteroatoms. The van der Waals surface area contributed by atoms with Crippen LogP contribution in [0.25, 0.3) is 0 Å². The molecule has 0 rings (SSSR count). The molecule has 3 nitrogen and oxygen atoms in total. The highest BCUT2D eigenvalue weighted by Gasteiger charge is 2.09. The highest BCUT2D eigenvalue weighted by Crippen LogP contribution is 1.93. The summed E-state index contributed by atoms with van der Waals surface area (Å²) in [5, 5.41) is 0. The van der Waals surface area contributed by atoms with E-state index in [1.165, 1.54) is 0 Å². The molecule has 0 aromatic rings. The Balaban J connectivity index is 3.44. The highest BCUT2D eigenvalue weighted by atomic mass is 16.1.